The number of aliphatic hydroxyl groups excluding tert-OH is 1. The van der Waals surface area contributed by atoms with Crippen molar-refractivity contribution >= 4 is 28.4 Å². The summed E-state index contributed by atoms with van der Waals surface area (Å²) in [6, 6.07) is 4.93. The number of anilines is 1. The van der Waals surface area contributed by atoms with Gasteiger partial charge in [0.1, 0.15) is 5.82 Å². The van der Waals surface area contributed by atoms with Crippen molar-refractivity contribution in [2.45, 2.75) is 11.3 Å². The van der Waals surface area contributed by atoms with Gasteiger partial charge in [-0.05, 0) is 24.6 Å². The molecule has 0 unspecified atom stereocenters. The molecule has 0 saturated carbocycles. The number of nitrogens with two attached hydrogens (primary N) is 1. The minimum Gasteiger partial charge on any atom is -0.398 e. The number of benzene rings is 1. The lowest BCUT2D eigenvalue weighted by Gasteiger charge is -2.08. The second-order valence-corrected chi connectivity index (χ2v) is 4.71. The zero-order chi connectivity index (χ0) is 12.3. The molecule has 0 aliphatic heterocycles. The monoisotopic (exact) mass is 252 g/mol. The fraction of sp³-hybridized carbons (Fsp3) is 0.250. The molecule has 90 valence electrons. The Morgan fingerprint density at radius 2 is 2.29 bits per heavy atom. The number of nitrogens with zero attached hydrogens (tertiary/aromatic N) is 1. The lowest BCUT2D eigenvalue weighted by atomic mass is 10.2. The van der Waals surface area contributed by atoms with Crippen LogP contribution < -0.4 is 5.73 Å². The van der Waals surface area contributed by atoms with Crippen molar-refractivity contribution in [3.05, 3.63) is 30.2 Å². The second kappa shape index (κ2) is 5.33. The maximum Gasteiger partial charge on any atom is 0.141 e. The number of aromatic nitrogens is 1. The molecular formula is C12H13FN2OS. The lowest BCUT2D eigenvalue weighted by Crippen LogP contribution is -1.95. The fourth-order valence-corrected chi connectivity index (χ4v) is 2.56. The highest BCUT2D eigenvalue weighted by molar-refractivity contribution is 7.99. The summed E-state index contributed by atoms with van der Waals surface area (Å²) in [6.07, 6.45) is 2.25. The zero-order valence-electron chi connectivity index (χ0n) is 9.19. The standard InChI is InChI=1S/C12H13FN2OS/c13-9-7-10(14)8-3-1-4-15-11(8)12(9)17-6-2-5-16/h1,3-4,7,16H,2,5-6,14H2. The molecule has 5 heteroatoms. The number of aliphatic hydroxyl groups is 1. The summed E-state index contributed by atoms with van der Waals surface area (Å²) in [5.74, 6) is 0.305. The van der Waals surface area contributed by atoms with E-state index in [1.165, 1.54) is 17.8 Å². The number of rotatable bonds is 4. The molecule has 0 radical (unpaired) electrons. The molecule has 0 aliphatic carbocycles. The van der Waals surface area contributed by atoms with Gasteiger partial charge in [-0.15, -0.1) is 11.8 Å². The molecule has 0 atom stereocenters. The third-order valence-corrected chi connectivity index (χ3v) is 3.55. The molecule has 1 aromatic heterocycles. The Hall–Kier alpha value is -1.33. The molecule has 0 bridgehead atoms. The molecule has 0 fully saturated rings. The summed E-state index contributed by atoms with van der Waals surface area (Å²) in [5, 5.41) is 9.49. The van der Waals surface area contributed by atoms with Gasteiger partial charge in [-0.2, -0.15) is 0 Å². The van der Waals surface area contributed by atoms with Crippen molar-refractivity contribution in [3.63, 3.8) is 0 Å². The van der Waals surface area contributed by atoms with E-state index < -0.39 is 0 Å². The van der Waals surface area contributed by atoms with Crippen LogP contribution >= 0.6 is 11.8 Å². The normalized spacial score (nSPS) is 10.9. The van der Waals surface area contributed by atoms with Crippen molar-refractivity contribution in [1.29, 1.82) is 0 Å². The molecule has 2 aromatic rings. The van der Waals surface area contributed by atoms with Crippen molar-refractivity contribution in [3.8, 4) is 0 Å². The average Bonchev–Trinajstić information content (AvgIpc) is 2.33. The van der Waals surface area contributed by atoms with Crippen LogP contribution in [-0.2, 0) is 0 Å². The molecule has 3 N–H and O–H groups in total. The Kier molecular flexibility index (Phi) is 3.81. The second-order valence-electron chi connectivity index (χ2n) is 3.60. The Labute approximate surface area is 103 Å². The largest absolute Gasteiger partial charge is 0.398 e. The highest BCUT2D eigenvalue weighted by atomic mass is 32.2. The number of fused-ring (bicyclic) bond motifs is 1. The van der Waals surface area contributed by atoms with Gasteiger partial charge in [0.2, 0.25) is 0 Å². The molecule has 1 aromatic carbocycles. The molecule has 3 nitrogen and oxygen atoms in total. The predicted molar refractivity (Wildman–Crippen MR) is 68.5 cm³/mol. The predicted octanol–water partition coefficient (Wildman–Crippen LogP) is 2.43. The Morgan fingerprint density at radius 3 is 3.06 bits per heavy atom. The first-order valence-corrected chi connectivity index (χ1v) is 6.29. The first-order valence-electron chi connectivity index (χ1n) is 5.30. The van der Waals surface area contributed by atoms with Gasteiger partial charge in [0.15, 0.2) is 0 Å². The van der Waals surface area contributed by atoms with Gasteiger partial charge in [-0.1, -0.05) is 0 Å². The number of pyridine rings is 1. The van der Waals surface area contributed by atoms with E-state index in [4.69, 9.17) is 10.8 Å². The number of halogens is 1. The van der Waals surface area contributed by atoms with Gasteiger partial charge >= 0.3 is 0 Å². The molecule has 0 amide bonds. The van der Waals surface area contributed by atoms with E-state index in [-0.39, 0.29) is 12.4 Å². The first-order chi connectivity index (χ1) is 8.24. The third kappa shape index (κ3) is 2.50. The van der Waals surface area contributed by atoms with Gasteiger partial charge in [0.25, 0.3) is 0 Å². The molecular weight excluding hydrogens is 239 g/mol. The topological polar surface area (TPSA) is 59.1 Å². The summed E-state index contributed by atoms with van der Waals surface area (Å²) in [4.78, 5) is 4.68. The zero-order valence-corrected chi connectivity index (χ0v) is 10.0. The van der Waals surface area contributed by atoms with E-state index >= 15 is 0 Å². The smallest absolute Gasteiger partial charge is 0.141 e. The van der Waals surface area contributed by atoms with Crippen LogP contribution in [0.3, 0.4) is 0 Å². The van der Waals surface area contributed by atoms with E-state index in [0.717, 1.165) is 5.39 Å². The van der Waals surface area contributed by atoms with Crippen LogP contribution in [0.5, 0.6) is 0 Å². The van der Waals surface area contributed by atoms with E-state index in [9.17, 15) is 4.39 Å². The maximum absolute atomic E-state index is 13.8. The molecule has 1 heterocycles. The highest BCUT2D eigenvalue weighted by Crippen LogP contribution is 2.32. The van der Waals surface area contributed by atoms with Crippen molar-refractivity contribution in [1.82, 2.24) is 4.98 Å². The highest BCUT2D eigenvalue weighted by Gasteiger charge is 2.11. The van der Waals surface area contributed by atoms with Crippen LogP contribution in [0, 0.1) is 5.82 Å². The van der Waals surface area contributed by atoms with E-state index in [1.807, 2.05) is 6.07 Å². The Morgan fingerprint density at radius 1 is 1.47 bits per heavy atom. The number of thioether (sulfide) groups is 1. The summed E-state index contributed by atoms with van der Waals surface area (Å²) in [6.45, 7) is 0.106. The minimum atomic E-state index is -0.350. The summed E-state index contributed by atoms with van der Waals surface area (Å²) < 4.78 is 13.8. The average molecular weight is 252 g/mol. The SMILES string of the molecule is Nc1cc(F)c(SCCCO)c2ncccc12. The summed E-state index contributed by atoms with van der Waals surface area (Å²) >= 11 is 1.36. The van der Waals surface area contributed by atoms with E-state index in [2.05, 4.69) is 4.98 Å². The van der Waals surface area contributed by atoms with Gasteiger partial charge in [0.05, 0.1) is 10.4 Å². The lowest BCUT2D eigenvalue weighted by molar-refractivity contribution is 0.296. The van der Waals surface area contributed by atoms with Crippen LogP contribution in [0.15, 0.2) is 29.3 Å². The van der Waals surface area contributed by atoms with Crippen LogP contribution in [-0.4, -0.2) is 22.5 Å². The maximum atomic E-state index is 13.8. The Bertz CT molecular complexity index is 533. The molecule has 2 rings (SSSR count). The van der Waals surface area contributed by atoms with Gasteiger partial charge in [0, 0.05) is 29.6 Å². The fourth-order valence-electron chi connectivity index (χ4n) is 1.59. The number of hydrogen-bond donors (Lipinski definition) is 2. The van der Waals surface area contributed by atoms with Gasteiger partial charge in [-0.25, -0.2) is 4.39 Å². The molecule has 17 heavy (non-hydrogen) atoms. The van der Waals surface area contributed by atoms with Gasteiger partial charge < -0.3 is 10.8 Å². The van der Waals surface area contributed by atoms with Crippen LogP contribution in [0.4, 0.5) is 10.1 Å². The summed E-state index contributed by atoms with van der Waals surface area (Å²) in [7, 11) is 0. The van der Waals surface area contributed by atoms with Crippen molar-refractivity contribution in [2.75, 3.05) is 18.1 Å². The quantitative estimate of drug-likeness (QED) is 0.498. The van der Waals surface area contributed by atoms with Crippen molar-refractivity contribution in [2.24, 2.45) is 0 Å². The number of nitrogen functional groups attached to an aromatic ring is 1. The molecule has 0 saturated heterocycles. The minimum absolute atomic E-state index is 0.106. The van der Waals surface area contributed by atoms with Crippen molar-refractivity contribution < 1.29 is 9.50 Å². The van der Waals surface area contributed by atoms with E-state index in [1.54, 1.807) is 12.3 Å². The van der Waals surface area contributed by atoms with Gasteiger partial charge in [-0.3, -0.25) is 4.98 Å². The van der Waals surface area contributed by atoms with E-state index in [0.29, 0.717) is 28.3 Å². The summed E-state index contributed by atoms with van der Waals surface area (Å²) in [5.41, 5.74) is 6.74. The Balaban J connectivity index is 2.46. The number of hydrogen-bond acceptors (Lipinski definition) is 4. The first kappa shape index (κ1) is 12.1. The molecule has 0 aliphatic rings. The third-order valence-electron chi connectivity index (χ3n) is 2.38. The van der Waals surface area contributed by atoms with Crippen LogP contribution in [0.1, 0.15) is 6.42 Å². The van der Waals surface area contributed by atoms with Crippen LogP contribution in [0.25, 0.3) is 10.9 Å². The van der Waals surface area contributed by atoms with Crippen LogP contribution in [0.2, 0.25) is 0 Å². The molecule has 0 spiro atoms.